The fraction of sp³-hybridized carbons (Fsp3) is 0.250. The molecule has 102 valence electrons. The van der Waals surface area contributed by atoms with E-state index in [9.17, 15) is 4.79 Å². The smallest absolute Gasteiger partial charge is 0.321 e. The zero-order chi connectivity index (χ0) is 14.2. The zero-order valence-electron chi connectivity index (χ0n) is 11.0. The van der Waals surface area contributed by atoms with E-state index in [2.05, 4.69) is 20.9 Å². The minimum absolute atomic E-state index is 0.169. The normalized spacial score (nSPS) is 24.9. The van der Waals surface area contributed by atoms with Crippen molar-refractivity contribution < 1.29 is 9.53 Å². The highest BCUT2D eigenvalue weighted by atomic mass is 79.9. The first-order valence-corrected chi connectivity index (χ1v) is 7.36. The summed E-state index contributed by atoms with van der Waals surface area (Å²) in [6.07, 6.45) is 2.11. The van der Waals surface area contributed by atoms with Gasteiger partial charge in [-0.3, -0.25) is 9.78 Å². The minimum atomic E-state index is -0.616. The lowest BCUT2D eigenvalue weighted by atomic mass is 9.68. The molecule has 0 bridgehead atoms. The van der Waals surface area contributed by atoms with Crippen LogP contribution in [0.15, 0.2) is 53.1 Å². The summed E-state index contributed by atoms with van der Waals surface area (Å²) in [5.41, 5.74) is 1.17. The van der Waals surface area contributed by atoms with Crippen LogP contribution in [0.4, 0.5) is 0 Å². The number of hydrogen-bond acceptors (Lipinski definition) is 3. The average Bonchev–Trinajstić information content (AvgIpc) is 2.48. The third kappa shape index (κ3) is 1.86. The fourth-order valence-corrected chi connectivity index (χ4v) is 3.02. The molecule has 1 aliphatic rings. The van der Waals surface area contributed by atoms with E-state index in [1.807, 2.05) is 49.4 Å². The van der Waals surface area contributed by atoms with Crippen LogP contribution in [0.3, 0.4) is 0 Å². The van der Waals surface area contributed by atoms with Crippen molar-refractivity contribution >= 4 is 21.9 Å². The van der Waals surface area contributed by atoms with Crippen LogP contribution in [0.2, 0.25) is 0 Å². The van der Waals surface area contributed by atoms with Crippen molar-refractivity contribution in [2.24, 2.45) is 0 Å². The first-order chi connectivity index (χ1) is 9.68. The molecule has 2 atom stereocenters. The van der Waals surface area contributed by atoms with Crippen LogP contribution in [0, 0.1) is 0 Å². The van der Waals surface area contributed by atoms with Gasteiger partial charge in [-0.1, -0.05) is 41.1 Å². The summed E-state index contributed by atoms with van der Waals surface area (Å²) in [5.74, 6) is -0.169. The Hall–Kier alpha value is -1.68. The maximum absolute atomic E-state index is 12.2. The van der Waals surface area contributed by atoms with Crippen LogP contribution >= 0.6 is 15.9 Å². The molecule has 1 fully saturated rings. The number of rotatable bonds is 3. The second-order valence-electron chi connectivity index (χ2n) is 4.87. The second kappa shape index (κ2) is 5.02. The second-order valence-corrected chi connectivity index (χ2v) is 5.79. The third-order valence-electron chi connectivity index (χ3n) is 3.91. The van der Waals surface area contributed by atoms with E-state index in [1.54, 1.807) is 6.20 Å². The van der Waals surface area contributed by atoms with Gasteiger partial charge in [-0.2, -0.15) is 0 Å². The topological polar surface area (TPSA) is 39.2 Å². The Morgan fingerprint density at radius 3 is 2.55 bits per heavy atom. The molecule has 0 amide bonds. The van der Waals surface area contributed by atoms with Gasteiger partial charge in [0.2, 0.25) is 0 Å². The number of carbonyl (C=O) groups excluding carboxylic acids is 1. The van der Waals surface area contributed by atoms with Crippen molar-refractivity contribution in [2.45, 2.75) is 24.9 Å². The molecule has 1 saturated heterocycles. The SMILES string of the molecule is CC[C@@]1(c2ccc(Br)cc2)C(=O)O[C@@H]1c1ccccn1. The van der Waals surface area contributed by atoms with Gasteiger partial charge in [0.05, 0.1) is 5.69 Å². The number of esters is 1. The Bertz CT molecular complexity index is 627. The van der Waals surface area contributed by atoms with Crippen molar-refractivity contribution in [3.8, 4) is 0 Å². The molecule has 3 nitrogen and oxygen atoms in total. The molecule has 4 heteroatoms. The van der Waals surface area contributed by atoms with E-state index in [1.165, 1.54) is 0 Å². The van der Waals surface area contributed by atoms with Crippen LogP contribution in [0.5, 0.6) is 0 Å². The van der Waals surface area contributed by atoms with Gasteiger partial charge in [0.1, 0.15) is 5.41 Å². The predicted octanol–water partition coefficient (Wildman–Crippen LogP) is 3.79. The Balaban J connectivity index is 2.06. The van der Waals surface area contributed by atoms with Gasteiger partial charge in [0, 0.05) is 10.7 Å². The molecule has 3 rings (SSSR count). The molecule has 0 radical (unpaired) electrons. The number of aromatic nitrogens is 1. The molecule has 1 aromatic heterocycles. The first-order valence-electron chi connectivity index (χ1n) is 6.56. The molecule has 1 aliphatic heterocycles. The summed E-state index contributed by atoms with van der Waals surface area (Å²) in [7, 11) is 0. The largest absolute Gasteiger partial charge is 0.453 e. The Kier molecular flexibility index (Phi) is 3.34. The Labute approximate surface area is 126 Å². The third-order valence-corrected chi connectivity index (χ3v) is 4.44. The number of benzene rings is 1. The number of hydrogen-bond donors (Lipinski definition) is 0. The Morgan fingerprint density at radius 1 is 1.25 bits per heavy atom. The molecular weight excluding hydrogens is 318 g/mol. The zero-order valence-corrected chi connectivity index (χ0v) is 12.6. The summed E-state index contributed by atoms with van der Waals surface area (Å²) >= 11 is 3.42. The standard InChI is InChI=1S/C16H14BrNO2/c1-2-16(11-6-8-12(17)9-7-11)14(20-15(16)19)13-5-3-4-10-18-13/h3-10,14H,2H2,1H3/t14-,16+/m1/s1. The van der Waals surface area contributed by atoms with E-state index in [-0.39, 0.29) is 12.1 Å². The predicted molar refractivity (Wildman–Crippen MR) is 79.2 cm³/mol. The van der Waals surface area contributed by atoms with Crippen LogP contribution in [0.25, 0.3) is 0 Å². The number of nitrogens with zero attached hydrogens (tertiary/aromatic N) is 1. The van der Waals surface area contributed by atoms with Gasteiger partial charge < -0.3 is 4.74 Å². The highest BCUT2D eigenvalue weighted by molar-refractivity contribution is 9.10. The van der Waals surface area contributed by atoms with Crippen molar-refractivity contribution in [1.29, 1.82) is 0 Å². The molecule has 0 N–H and O–H groups in total. The van der Waals surface area contributed by atoms with Crippen LogP contribution < -0.4 is 0 Å². The van der Waals surface area contributed by atoms with Gasteiger partial charge in [-0.15, -0.1) is 0 Å². The summed E-state index contributed by atoms with van der Waals surface area (Å²) in [6, 6.07) is 13.5. The first kappa shape index (κ1) is 13.3. The lowest BCUT2D eigenvalue weighted by Crippen LogP contribution is -2.54. The summed E-state index contributed by atoms with van der Waals surface area (Å²) in [4.78, 5) is 16.5. The lowest BCUT2D eigenvalue weighted by Gasteiger charge is -2.46. The lowest BCUT2D eigenvalue weighted by molar-refractivity contribution is -0.194. The molecule has 0 saturated carbocycles. The average molecular weight is 332 g/mol. The van der Waals surface area contributed by atoms with Gasteiger partial charge in [0.15, 0.2) is 6.10 Å². The quantitative estimate of drug-likeness (QED) is 0.803. The molecule has 0 spiro atoms. The van der Waals surface area contributed by atoms with Gasteiger partial charge >= 0.3 is 5.97 Å². The number of halogens is 1. The monoisotopic (exact) mass is 331 g/mol. The molecular formula is C16H14BrNO2. The number of ether oxygens (including phenoxy) is 1. The van der Waals surface area contributed by atoms with Gasteiger partial charge in [-0.05, 0) is 36.2 Å². The van der Waals surface area contributed by atoms with E-state index in [0.717, 1.165) is 15.7 Å². The van der Waals surface area contributed by atoms with Crippen LogP contribution in [-0.4, -0.2) is 11.0 Å². The summed E-state index contributed by atoms with van der Waals surface area (Å²) in [5, 5.41) is 0. The van der Waals surface area contributed by atoms with E-state index in [4.69, 9.17) is 4.74 Å². The highest BCUT2D eigenvalue weighted by Crippen LogP contribution is 2.51. The molecule has 2 heterocycles. The summed E-state index contributed by atoms with van der Waals surface area (Å²) in [6.45, 7) is 2.01. The van der Waals surface area contributed by atoms with Crippen molar-refractivity contribution in [1.82, 2.24) is 4.98 Å². The van der Waals surface area contributed by atoms with Gasteiger partial charge in [0.25, 0.3) is 0 Å². The van der Waals surface area contributed by atoms with E-state index >= 15 is 0 Å². The van der Waals surface area contributed by atoms with Crippen LogP contribution in [-0.2, 0) is 14.9 Å². The molecule has 0 aliphatic carbocycles. The number of pyridine rings is 1. The number of carbonyl (C=O) groups is 1. The molecule has 1 aromatic carbocycles. The highest BCUT2D eigenvalue weighted by Gasteiger charge is 2.59. The minimum Gasteiger partial charge on any atom is -0.453 e. The van der Waals surface area contributed by atoms with E-state index in [0.29, 0.717) is 6.42 Å². The van der Waals surface area contributed by atoms with Gasteiger partial charge in [-0.25, -0.2) is 0 Å². The van der Waals surface area contributed by atoms with Crippen LogP contribution in [0.1, 0.15) is 30.7 Å². The fourth-order valence-electron chi connectivity index (χ4n) is 2.76. The number of cyclic esters (lactones) is 1. The maximum Gasteiger partial charge on any atom is 0.321 e. The van der Waals surface area contributed by atoms with E-state index < -0.39 is 5.41 Å². The molecule has 20 heavy (non-hydrogen) atoms. The Morgan fingerprint density at radius 2 is 2.00 bits per heavy atom. The van der Waals surface area contributed by atoms with Crippen molar-refractivity contribution in [3.05, 3.63) is 64.4 Å². The maximum atomic E-state index is 12.2. The van der Waals surface area contributed by atoms with Crippen molar-refractivity contribution in [2.75, 3.05) is 0 Å². The molecule has 0 unspecified atom stereocenters. The molecule has 2 aromatic rings. The summed E-state index contributed by atoms with van der Waals surface area (Å²) < 4.78 is 6.40. The van der Waals surface area contributed by atoms with Crippen molar-refractivity contribution in [3.63, 3.8) is 0 Å².